The van der Waals surface area contributed by atoms with Gasteiger partial charge in [0.25, 0.3) is 5.91 Å². The number of nitrogens with two attached hydrogens (primary N) is 1. The molecule has 5 heteroatoms. The molecule has 1 aromatic carbocycles. The third-order valence-corrected chi connectivity index (χ3v) is 3.29. The van der Waals surface area contributed by atoms with E-state index in [0.29, 0.717) is 36.8 Å². The number of rotatable bonds is 5. The Labute approximate surface area is 124 Å². The largest absolute Gasteiger partial charge is 0.397 e. The van der Waals surface area contributed by atoms with Crippen LogP contribution in [0.15, 0.2) is 24.3 Å². The number of nitriles is 1. The van der Waals surface area contributed by atoms with Crippen molar-refractivity contribution < 1.29 is 4.79 Å². The van der Waals surface area contributed by atoms with E-state index in [1.54, 1.807) is 11.0 Å². The van der Waals surface area contributed by atoms with Crippen molar-refractivity contribution in [2.24, 2.45) is 5.92 Å². The number of carbonyl (C=O) groups is 1. The maximum Gasteiger partial charge on any atom is 0.270 e. The van der Waals surface area contributed by atoms with E-state index in [2.05, 4.69) is 24.9 Å². The van der Waals surface area contributed by atoms with Crippen LogP contribution in [0.25, 0.3) is 10.9 Å². The lowest BCUT2D eigenvalue weighted by molar-refractivity contribution is 0.0735. The van der Waals surface area contributed by atoms with Crippen molar-refractivity contribution in [3.8, 4) is 6.07 Å². The number of benzene rings is 1. The van der Waals surface area contributed by atoms with Crippen molar-refractivity contribution in [3.05, 3.63) is 30.0 Å². The van der Waals surface area contributed by atoms with E-state index in [0.717, 1.165) is 10.9 Å². The van der Waals surface area contributed by atoms with Gasteiger partial charge in [-0.15, -0.1) is 0 Å². The summed E-state index contributed by atoms with van der Waals surface area (Å²) in [5, 5.41) is 9.66. The number of carbonyl (C=O) groups excluding carboxylic acids is 1. The van der Waals surface area contributed by atoms with Crippen LogP contribution in [-0.2, 0) is 0 Å². The average molecular weight is 284 g/mol. The maximum absolute atomic E-state index is 12.6. The number of para-hydroxylation sites is 1. The van der Waals surface area contributed by atoms with E-state index in [1.165, 1.54) is 0 Å². The molecule has 0 bridgehead atoms. The number of hydrogen-bond donors (Lipinski definition) is 2. The van der Waals surface area contributed by atoms with Crippen LogP contribution >= 0.6 is 0 Å². The first-order chi connectivity index (χ1) is 10.0. The highest BCUT2D eigenvalue weighted by Crippen LogP contribution is 2.22. The number of fused-ring (bicyclic) bond motifs is 1. The number of aromatic amines is 1. The number of anilines is 1. The van der Waals surface area contributed by atoms with Gasteiger partial charge in [0, 0.05) is 18.5 Å². The van der Waals surface area contributed by atoms with E-state index in [-0.39, 0.29) is 5.91 Å². The number of nitrogens with zero attached hydrogens (tertiary/aromatic N) is 2. The SMILES string of the molecule is CC(C)CN(CCC#N)C(=O)c1cc2cccc(N)c2[nH]1. The Hall–Kier alpha value is -2.48. The number of amides is 1. The van der Waals surface area contributed by atoms with Gasteiger partial charge >= 0.3 is 0 Å². The first-order valence-corrected chi connectivity index (χ1v) is 7.06. The molecule has 0 aliphatic rings. The molecule has 0 aliphatic carbocycles. The monoisotopic (exact) mass is 284 g/mol. The van der Waals surface area contributed by atoms with Gasteiger partial charge < -0.3 is 15.6 Å². The zero-order chi connectivity index (χ0) is 15.4. The molecule has 0 fully saturated rings. The van der Waals surface area contributed by atoms with Crippen LogP contribution in [0.3, 0.4) is 0 Å². The number of H-pyrrole nitrogens is 1. The van der Waals surface area contributed by atoms with Gasteiger partial charge in [0.05, 0.1) is 23.7 Å². The lowest BCUT2D eigenvalue weighted by Crippen LogP contribution is -2.35. The van der Waals surface area contributed by atoms with Gasteiger partial charge in [0.2, 0.25) is 0 Å². The molecule has 0 spiro atoms. The van der Waals surface area contributed by atoms with E-state index in [9.17, 15) is 4.79 Å². The Balaban J connectivity index is 2.29. The Bertz CT molecular complexity index is 681. The third-order valence-electron chi connectivity index (χ3n) is 3.29. The van der Waals surface area contributed by atoms with Crippen molar-refractivity contribution in [3.63, 3.8) is 0 Å². The molecule has 0 atom stereocenters. The van der Waals surface area contributed by atoms with Crippen molar-refractivity contribution in [2.75, 3.05) is 18.8 Å². The molecule has 5 nitrogen and oxygen atoms in total. The van der Waals surface area contributed by atoms with E-state index in [4.69, 9.17) is 11.0 Å². The molecule has 1 aromatic heterocycles. The second-order valence-electron chi connectivity index (χ2n) is 5.55. The summed E-state index contributed by atoms with van der Waals surface area (Å²) in [6.45, 7) is 5.18. The zero-order valence-electron chi connectivity index (χ0n) is 12.4. The quantitative estimate of drug-likeness (QED) is 0.828. The number of hydrogen-bond acceptors (Lipinski definition) is 3. The summed E-state index contributed by atoms with van der Waals surface area (Å²) in [6, 6.07) is 9.48. The fraction of sp³-hybridized carbons (Fsp3) is 0.375. The van der Waals surface area contributed by atoms with Gasteiger partial charge in [-0.1, -0.05) is 26.0 Å². The highest BCUT2D eigenvalue weighted by Gasteiger charge is 2.19. The molecule has 3 N–H and O–H groups in total. The van der Waals surface area contributed by atoms with Crippen LogP contribution in [0.5, 0.6) is 0 Å². The molecule has 0 radical (unpaired) electrons. The summed E-state index contributed by atoms with van der Waals surface area (Å²) in [5.41, 5.74) is 7.83. The maximum atomic E-state index is 12.6. The van der Waals surface area contributed by atoms with Gasteiger partial charge in [-0.3, -0.25) is 4.79 Å². The molecule has 1 heterocycles. The van der Waals surface area contributed by atoms with E-state index < -0.39 is 0 Å². The molecule has 2 rings (SSSR count). The molecule has 110 valence electrons. The average Bonchev–Trinajstić information content (AvgIpc) is 2.88. The number of nitrogen functional groups attached to an aromatic ring is 1. The fourth-order valence-electron chi connectivity index (χ4n) is 2.37. The minimum absolute atomic E-state index is 0.0884. The third kappa shape index (κ3) is 3.34. The summed E-state index contributed by atoms with van der Waals surface area (Å²) in [5.74, 6) is 0.261. The van der Waals surface area contributed by atoms with Gasteiger partial charge in [-0.05, 0) is 18.1 Å². The number of aromatic nitrogens is 1. The molecule has 0 saturated heterocycles. The summed E-state index contributed by atoms with van der Waals surface area (Å²) < 4.78 is 0. The first-order valence-electron chi connectivity index (χ1n) is 7.06. The molecule has 21 heavy (non-hydrogen) atoms. The zero-order valence-corrected chi connectivity index (χ0v) is 12.4. The predicted octanol–water partition coefficient (Wildman–Crippen LogP) is 2.76. The summed E-state index contributed by atoms with van der Waals surface area (Å²) in [6.07, 6.45) is 0.334. The standard InChI is InChI=1S/C16H20N4O/c1-11(2)10-20(8-4-7-17)16(21)14-9-12-5-3-6-13(18)15(12)19-14/h3,5-6,9,11,19H,4,8,10,18H2,1-2H3. The Morgan fingerprint density at radius 2 is 2.24 bits per heavy atom. The topological polar surface area (TPSA) is 85.9 Å². The lowest BCUT2D eigenvalue weighted by atomic mass is 10.2. The van der Waals surface area contributed by atoms with Crippen LogP contribution in [0.2, 0.25) is 0 Å². The Kier molecular flexibility index (Phi) is 4.49. The second-order valence-corrected chi connectivity index (χ2v) is 5.55. The lowest BCUT2D eigenvalue weighted by Gasteiger charge is -2.23. The normalized spacial score (nSPS) is 10.8. The Morgan fingerprint density at radius 3 is 2.86 bits per heavy atom. The minimum Gasteiger partial charge on any atom is -0.397 e. The molecule has 0 aliphatic heterocycles. The first kappa shape index (κ1) is 14.9. The van der Waals surface area contributed by atoms with Crippen LogP contribution in [-0.4, -0.2) is 28.9 Å². The van der Waals surface area contributed by atoms with Crippen molar-refractivity contribution in [2.45, 2.75) is 20.3 Å². The number of nitrogens with one attached hydrogen (secondary N) is 1. The van der Waals surface area contributed by atoms with Crippen LogP contribution in [0, 0.1) is 17.2 Å². The van der Waals surface area contributed by atoms with E-state index >= 15 is 0 Å². The second kappa shape index (κ2) is 6.31. The van der Waals surface area contributed by atoms with Crippen LogP contribution in [0.1, 0.15) is 30.8 Å². The van der Waals surface area contributed by atoms with Crippen molar-refractivity contribution >= 4 is 22.5 Å². The smallest absolute Gasteiger partial charge is 0.270 e. The minimum atomic E-state index is -0.0884. The van der Waals surface area contributed by atoms with Crippen LogP contribution < -0.4 is 5.73 Å². The fourth-order valence-corrected chi connectivity index (χ4v) is 2.37. The predicted molar refractivity (Wildman–Crippen MR) is 83.7 cm³/mol. The highest BCUT2D eigenvalue weighted by molar-refractivity contribution is 6.00. The molecule has 2 aromatic rings. The molecule has 0 unspecified atom stereocenters. The molecular formula is C16H20N4O. The van der Waals surface area contributed by atoms with Crippen LogP contribution in [0.4, 0.5) is 5.69 Å². The summed E-state index contributed by atoms with van der Waals surface area (Å²) in [4.78, 5) is 17.4. The highest BCUT2D eigenvalue weighted by atomic mass is 16.2. The molecular weight excluding hydrogens is 264 g/mol. The van der Waals surface area contributed by atoms with Crippen molar-refractivity contribution in [1.82, 2.24) is 9.88 Å². The molecule has 0 saturated carbocycles. The summed E-state index contributed by atoms with van der Waals surface area (Å²) >= 11 is 0. The summed E-state index contributed by atoms with van der Waals surface area (Å²) in [7, 11) is 0. The van der Waals surface area contributed by atoms with Gasteiger partial charge in [-0.25, -0.2) is 0 Å². The van der Waals surface area contributed by atoms with Gasteiger partial charge in [-0.2, -0.15) is 5.26 Å². The Morgan fingerprint density at radius 1 is 1.48 bits per heavy atom. The van der Waals surface area contributed by atoms with Crippen molar-refractivity contribution in [1.29, 1.82) is 5.26 Å². The van der Waals surface area contributed by atoms with Gasteiger partial charge in [0.1, 0.15) is 5.69 Å². The van der Waals surface area contributed by atoms with E-state index in [1.807, 2.05) is 18.2 Å². The van der Waals surface area contributed by atoms with Gasteiger partial charge in [0.15, 0.2) is 0 Å². The molecule has 1 amide bonds.